The Morgan fingerprint density at radius 3 is 2.44 bits per heavy atom. The molecule has 4 aliphatic rings. The zero-order chi connectivity index (χ0) is 22.7. The molecule has 0 aliphatic heterocycles. The highest BCUT2D eigenvalue weighted by atomic mass is 16.3. The maximum absolute atomic E-state index is 12.5. The molecule has 174 valence electrons. The molecule has 0 saturated heterocycles. The summed E-state index contributed by atoms with van der Waals surface area (Å²) in [5.74, 6) is 2.98. The largest absolute Gasteiger partial charge is 0.393 e. The third-order valence-corrected chi connectivity index (χ3v) is 11.2. The molecule has 4 fully saturated rings. The second-order valence-corrected chi connectivity index (χ2v) is 12.4. The van der Waals surface area contributed by atoms with Crippen LogP contribution in [0.2, 0.25) is 0 Å². The van der Waals surface area contributed by atoms with Crippen LogP contribution in [0.3, 0.4) is 0 Å². The van der Waals surface area contributed by atoms with Crippen molar-refractivity contribution >= 4 is 0 Å². The molecule has 32 heavy (non-hydrogen) atoms. The molecule has 3 nitrogen and oxygen atoms in total. The van der Waals surface area contributed by atoms with Crippen LogP contribution in [-0.4, -0.2) is 16.3 Å². The van der Waals surface area contributed by atoms with Crippen LogP contribution in [0.1, 0.15) is 84.1 Å². The van der Waals surface area contributed by atoms with Gasteiger partial charge in [-0.15, -0.1) is 0 Å². The quantitative estimate of drug-likeness (QED) is 0.607. The minimum absolute atomic E-state index is 0.0738. The van der Waals surface area contributed by atoms with E-state index in [2.05, 4.69) is 51.1 Å². The average Bonchev–Trinajstić information content (AvgIpc) is 3.13. The molecule has 0 heterocycles. The van der Waals surface area contributed by atoms with Gasteiger partial charge in [-0.25, -0.2) is 0 Å². The van der Waals surface area contributed by atoms with Crippen LogP contribution in [-0.2, 0) is 5.60 Å². The van der Waals surface area contributed by atoms with E-state index in [1.54, 1.807) is 0 Å². The summed E-state index contributed by atoms with van der Waals surface area (Å²) in [6.45, 7) is 7.25. The van der Waals surface area contributed by atoms with E-state index in [-0.39, 0.29) is 22.9 Å². The molecule has 1 aromatic carbocycles. The summed E-state index contributed by atoms with van der Waals surface area (Å²) in [4.78, 5) is 0. The zero-order valence-corrected chi connectivity index (χ0v) is 20.1. The van der Waals surface area contributed by atoms with Gasteiger partial charge in [0.1, 0.15) is 0 Å². The fourth-order valence-corrected chi connectivity index (χ4v) is 9.70. The predicted octanol–water partition coefficient (Wildman–Crippen LogP) is 6.05. The Morgan fingerprint density at radius 2 is 1.72 bits per heavy atom. The summed E-state index contributed by atoms with van der Waals surface area (Å²) in [5, 5.41) is 32.4. The summed E-state index contributed by atoms with van der Waals surface area (Å²) < 4.78 is 0. The Balaban J connectivity index is 1.55. The third kappa shape index (κ3) is 3.13. The van der Waals surface area contributed by atoms with Gasteiger partial charge in [-0.2, -0.15) is 5.26 Å². The van der Waals surface area contributed by atoms with Crippen molar-refractivity contribution in [2.45, 2.75) is 90.3 Å². The fourth-order valence-electron chi connectivity index (χ4n) is 9.70. The first-order valence-electron chi connectivity index (χ1n) is 13.1. The van der Waals surface area contributed by atoms with Crippen LogP contribution in [0.25, 0.3) is 0 Å². The Labute approximate surface area is 194 Å². The van der Waals surface area contributed by atoms with Crippen molar-refractivity contribution in [2.24, 2.45) is 46.3 Å². The lowest BCUT2D eigenvalue weighted by Gasteiger charge is -2.65. The van der Waals surface area contributed by atoms with Crippen LogP contribution < -0.4 is 0 Å². The number of fused-ring (bicyclic) bond motifs is 5. The number of aliphatic hydroxyl groups excluding tert-OH is 1. The number of rotatable bonds is 3. The van der Waals surface area contributed by atoms with Crippen molar-refractivity contribution < 1.29 is 10.2 Å². The molecular formula is C29H41NO2. The van der Waals surface area contributed by atoms with E-state index in [9.17, 15) is 15.5 Å². The van der Waals surface area contributed by atoms with Gasteiger partial charge in [-0.3, -0.25) is 0 Å². The molecule has 10 atom stereocenters. The highest BCUT2D eigenvalue weighted by Crippen LogP contribution is 2.71. The molecule has 5 rings (SSSR count). The predicted molar refractivity (Wildman–Crippen MR) is 126 cm³/mol. The van der Waals surface area contributed by atoms with Gasteiger partial charge in [-0.1, -0.05) is 51.1 Å². The monoisotopic (exact) mass is 435 g/mol. The number of nitrogens with zero attached hydrogens (tertiary/aromatic N) is 1. The zero-order valence-electron chi connectivity index (χ0n) is 20.1. The van der Waals surface area contributed by atoms with Gasteiger partial charge in [0, 0.05) is 6.42 Å². The fraction of sp³-hybridized carbons (Fsp3) is 0.759. The molecule has 0 aromatic heterocycles. The number of hydrogen-bond acceptors (Lipinski definition) is 3. The molecular weight excluding hydrogens is 394 g/mol. The molecule has 0 amide bonds. The lowest BCUT2D eigenvalue weighted by atomic mass is 9.41. The van der Waals surface area contributed by atoms with E-state index in [4.69, 9.17) is 0 Å². The van der Waals surface area contributed by atoms with E-state index >= 15 is 0 Å². The lowest BCUT2D eigenvalue weighted by Crippen LogP contribution is -2.62. The lowest BCUT2D eigenvalue weighted by molar-refractivity contribution is -0.221. The van der Waals surface area contributed by atoms with E-state index in [0.29, 0.717) is 36.0 Å². The molecule has 0 radical (unpaired) electrons. The maximum atomic E-state index is 12.5. The van der Waals surface area contributed by atoms with Gasteiger partial charge < -0.3 is 10.2 Å². The summed E-state index contributed by atoms with van der Waals surface area (Å²) in [7, 11) is 0. The first kappa shape index (κ1) is 22.4. The number of aliphatic hydroxyl groups is 2. The second kappa shape index (κ2) is 7.85. The number of hydrogen-bond donors (Lipinski definition) is 2. The Bertz CT molecular complexity index is 879. The maximum Gasteiger partial charge on any atom is 0.0933 e. The van der Waals surface area contributed by atoms with Gasteiger partial charge in [-0.05, 0) is 103 Å². The van der Waals surface area contributed by atoms with Crippen LogP contribution in [0.5, 0.6) is 0 Å². The van der Waals surface area contributed by atoms with Crippen molar-refractivity contribution in [3.8, 4) is 6.07 Å². The summed E-state index contributed by atoms with van der Waals surface area (Å²) in [6, 6.07) is 12.8. The summed E-state index contributed by atoms with van der Waals surface area (Å²) in [5.41, 5.74) is 0.535. The van der Waals surface area contributed by atoms with Gasteiger partial charge in [0.25, 0.3) is 0 Å². The van der Waals surface area contributed by atoms with Crippen molar-refractivity contribution in [3.63, 3.8) is 0 Å². The number of benzene rings is 1. The molecule has 2 N–H and O–H groups in total. The van der Waals surface area contributed by atoms with Crippen molar-refractivity contribution in [2.75, 3.05) is 0 Å². The van der Waals surface area contributed by atoms with Gasteiger partial charge in [0.15, 0.2) is 0 Å². The van der Waals surface area contributed by atoms with Gasteiger partial charge in [0.05, 0.1) is 17.8 Å². The van der Waals surface area contributed by atoms with Crippen LogP contribution in [0.15, 0.2) is 30.3 Å². The Hall–Kier alpha value is -1.37. The third-order valence-electron chi connectivity index (χ3n) is 11.2. The van der Waals surface area contributed by atoms with Gasteiger partial charge in [0.2, 0.25) is 0 Å². The molecule has 0 bridgehead atoms. The van der Waals surface area contributed by atoms with Gasteiger partial charge >= 0.3 is 0 Å². The van der Waals surface area contributed by atoms with E-state index in [1.807, 2.05) is 6.07 Å². The van der Waals surface area contributed by atoms with E-state index in [0.717, 1.165) is 31.2 Å². The van der Waals surface area contributed by atoms with Crippen molar-refractivity contribution in [3.05, 3.63) is 35.9 Å². The Kier molecular flexibility index (Phi) is 5.50. The SMILES string of the molecule is C[C@H](CC#N)[C@H]1CC[C@H]2[C@@H]3C[C@@](O)(c4ccccc4)[C@@H]4C[C@H](O)CC[C@]4(C)[C@H]3CC[C@]12C. The standard InChI is InChI=1S/C29H41NO2/c1-19(13-16-30)23-9-10-24-22-18-29(32,20-7-5-4-6-8-20)26-17-21(31)11-14-28(26,3)25(22)12-15-27(23,24)2/h4-8,19,21-26,31-32H,9-15,17-18H2,1-3H3/t19-,21-,22+,23-,24+,25+,26-,27-,28-,29-/m1/s1. The van der Waals surface area contributed by atoms with Crippen LogP contribution in [0, 0.1) is 57.7 Å². The molecule has 0 spiro atoms. The smallest absolute Gasteiger partial charge is 0.0933 e. The number of nitriles is 1. The molecule has 3 heteroatoms. The first-order chi connectivity index (χ1) is 15.2. The average molecular weight is 436 g/mol. The van der Waals surface area contributed by atoms with E-state index < -0.39 is 5.60 Å². The minimum atomic E-state index is -0.868. The topological polar surface area (TPSA) is 64.2 Å². The minimum Gasteiger partial charge on any atom is -0.393 e. The Morgan fingerprint density at radius 1 is 1.03 bits per heavy atom. The van der Waals surface area contributed by atoms with Crippen LogP contribution in [0.4, 0.5) is 0 Å². The normalized spacial score (nSPS) is 48.8. The first-order valence-corrected chi connectivity index (χ1v) is 13.1. The molecule has 4 saturated carbocycles. The molecule has 4 aliphatic carbocycles. The van der Waals surface area contributed by atoms with Crippen molar-refractivity contribution in [1.29, 1.82) is 5.26 Å². The molecule has 0 unspecified atom stereocenters. The summed E-state index contributed by atoms with van der Waals surface area (Å²) >= 11 is 0. The second-order valence-electron chi connectivity index (χ2n) is 12.4. The highest BCUT2D eigenvalue weighted by molar-refractivity contribution is 5.28. The highest BCUT2D eigenvalue weighted by Gasteiger charge is 2.66. The van der Waals surface area contributed by atoms with E-state index in [1.165, 1.54) is 25.7 Å². The van der Waals surface area contributed by atoms with Crippen molar-refractivity contribution in [1.82, 2.24) is 0 Å². The summed E-state index contributed by atoms with van der Waals surface area (Å²) in [6.07, 6.45) is 8.77. The molecule has 1 aromatic rings. The van der Waals surface area contributed by atoms with Crippen LogP contribution >= 0.6 is 0 Å².